The molecule has 0 aliphatic carbocycles. The Labute approximate surface area is 163 Å². The molecule has 1 saturated heterocycles. The number of aliphatic hydroxyl groups is 1. The van der Waals surface area contributed by atoms with Crippen LogP contribution in [-0.4, -0.2) is 57.6 Å². The van der Waals surface area contributed by atoms with E-state index in [2.05, 4.69) is 42.5 Å². The van der Waals surface area contributed by atoms with Crippen molar-refractivity contribution >= 4 is 5.96 Å². The highest BCUT2D eigenvalue weighted by Crippen LogP contribution is 2.32. The number of rotatable bonds is 8. The van der Waals surface area contributed by atoms with Crippen molar-refractivity contribution in [2.45, 2.75) is 39.0 Å². The Hall–Kier alpha value is -1.79. The van der Waals surface area contributed by atoms with E-state index < -0.39 is 0 Å². The molecule has 0 amide bonds. The van der Waals surface area contributed by atoms with Crippen molar-refractivity contribution < 1.29 is 14.6 Å². The summed E-state index contributed by atoms with van der Waals surface area (Å²) < 4.78 is 11.5. The largest absolute Gasteiger partial charge is 0.491 e. The molecule has 0 spiro atoms. The molecule has 1 fully saturated rings. The maximum Gasteiger partial charge on any atom is 0.191 e. The van der Waals surface area contributed by atoms with E-state index in [0.29, 0.717) is 19.8 Å². The van der Waals surface area contributed by atoms with Gasteiger partial charge in [-0.25, -0.2) is 0 Å². The molecule has 1 aliphatic rings. The monoisotopic (exact) mass is 377 g/mol. The van der Waals surface area contributed by atoms with Crippen LogP contribution in [0.15, 0.2) is 29.3 Å². The number of aliphatic imine (C=N–C) groups is 1. The molecule has 152 valence electrons. The van der Waals surface area contributed by atoms with E-state index >= 15 is 0 Å². The molecule has 1 unspecified atom stereocenters. The van der Waals surface area contributed by atoms with Gasteiger partial charge in [-0.05, 0) is 29.9 Å². The van der Waals surface area contributed by atoms with Gasteiger partial charge < -0.3 is 25.2 Å². The second-order valence-corrected chi connectivity index (χ2v) is 8.22. The molecule has 0 saturated carbocycles. The van der Waals surface area contributed by atoms with Crippen LogP contribution >= 0.6 is 0 Å². The third kappa shape index (κ3) is 6.40. The van der Waals surface area contributed by atoms with E-state index in [-0.39, 0.29) is 17.4 Å². The Morgan fingerprint density at radius 1 is 1.30 bits per heavy atom. The molecule has 3 N–H and O–H groups in total. The van der Waals surface area contributed by atoms with Crippen LogP contribution in [0.1, 0.15) is 39.2 Å². The first-order chi connectivity index (χ1) is 12.9. The van der Waals surface area contributed by atoms with Gasteiger partial charge in [0.1, 0.15) is 12.4 Å². The Morgan fingerprint density at radius 3 is 2.70 bits per heavy atom. The number of nitrogens with one attached hydrogen (secondary N) is 2. The van der Waals surface area contributed by atoms with Crippen LogP contribution < -0.4 is 15.4 Å². The van der Waals surface area contributed by atoms with Gasteiger partial charge in [-0.3, -0.25) is 4.99 Å². The summed E-state index contributed by atoms with van der Waals surface area (Å²) in [6.07, 6.45) is 1.70. The lowest BCUT2D eigenvalue weighted by Gasteiger charge is -2.27. The third-order valence-corrected chi connectivity index (χ3v) is 5.03. The highest BCUT2D eigenvalue weighted by Gasteiger charge is 2.34. The molecule has 1 heterocycles. The van der Waals surface area contributed by atoms with Crippen LogP contribution in [0, 0.1) is 5.41 Å². The first-order valence-corrected chi connectivity index (χ1v) is 9.76. The Balaban J connectivity index is 1.79. The Kier molecular flexibility index (Phi) is 7.92. The van der Waals surface area contributed by atoms with Crippen LogP contribution in [0.2, 0.25) is 0 Å². The lowest BCUT2D eigenvalue weighted by Crippen LogP contribution is -2.45. The summed E-state index contributed by atoms with van der Waals surface area (Å²) in [6, 6.07) is 8.19. The first kappa shape index (κ1) is 21.5. The van der Waals surface area contributed by atoms with Gasteiger partial charge in [0.05, 0.1) is 13.2 Å². The van der Waals surface area contributed by atoms with Crippen molar-refractivity contribution in [1.82, 2.24) is 10.6 Å². The van der Waals surface area contributed by atoms with E-state index in [1.165, 1.54) is 5.56 Å². The number of aliphatic hydroxyl groups excluding tert-OH is 1. The second-order valence-electron chi connectivity index (χ2n) is 8.22. The average molecular weight is 378 g/mol. The lowest BCUT2D eigenvalue weighted by molar-refractivity contribution is 0.127. The Bertz CT molecular complexity index is 605. The minimum Gasteiger partial charge on any atom is -0.491 e. The van der Waals surface area contributed by atoms with Crippen LogP contribution in [0.25, 0.3) is 0 Å². The molecular weight excluding hydrogens is 342 g/mol. The van der Waals surface area contributed by atoms with E-state index in [4.69, 9.17) is 9.47 Å². The summed E-state index contributed by atoms with van der Waals surface area (Å²) in [5, 5.41) is 16.0. The molecule has 1 aromatic rings. The zero-order valence-electron chi connectivity index (χ0n) is 17.2. The maximum atomic E-state index is 9.33. The fraction of sp³-hybridized carbons (Fsp3) is 0.667. The molecule has 1 aromatic carbocycles. The molecule has 0 radical (unpaired) electrons. The molecule has 27 heavy (non-hydrogen) atoms. The number of nitrogens with zero attached hydrogens (tertiary/aromatic N) is 1. The van der Waals surface area contributed by atoms with Crippen LogP contribution in [0.4, 0.5) is 0 Å². The summed E-state index contributed by atoms with van der Waals surface area (Å²) >= 11 is 0. The van der Waals surface area contributed by atoms with Crippen LogP contribution in [0.5, 0.6) is 5.75 Å². The van der Waals surface area contributed by atoms with Crippen molar-refractivity contribution in [3.63, 3.8) is 0 Å². The predicted molar refractivity (Wildman–Crippen MR) is 110 cm³/mol. The lowest BCUT2D eigenvalue weighted by atomic mass is 9.84. The molecule has 6 heteroatoms. The van der Waals surface area contributed by atoms with Crippen LogP contribution in [0.3, 0.4) is 0 Å². The molecule has 2 rings (SSSR count). The summed E-state index contributed by atoms with van der Waals surface area (Å²) in [5.41, 5.74) is 1.25. The number of ether oxygens (including phenoxy) is 2. The first-order valence-electron chi connectivity index (χ1n) is 9.76. The van der Waals surface area contributed by atoms with E-state index in [0.717, 1.165) is 37.7 Å². The van der Waals surface area contributed by atoms with Gasteiger partial charge >= 0.3 is 0 Å². The normalized spacial score (nSPS) is 20.6. The van der Waals surface area contributed by atoms with Crippen molar-refractivity contribution in [1.29, 1.82) is 0 Å². The summed E-state index contributed by atoms with van der Waals surface area (Å²) in [6.45, 7) is 10.1. The molecular formula is C21H35N3O3. The second kappa shape index (κ2) is 9.95. The van der Waals surface area contributed by atoms with Crippen molar-refractivity contribution in [2.75, 3.05) is 46.6 Å². The molecule has 1 atom stereocenters. The minimum absolute atomic E-state index is 0.00544. The molecule has 0 aromatic heterocycles. The minimum atomic E-state index is -0.00544. The maximum absolute atomic E-state index is 9.33. The number of benzene rings is 1. The standard InChI is InChI=1S/C21H35N3O3/c1-20(2,3)17-7-5-6-8-18(17)27-14-11-23-19(22-4)24-15-21(9-12-25)10-13-26-16-21/h5-8,25H,9-16H2,1-4H3,(H2,22,23,24). The molecule has 1 aliphatic heterocycles. The summed E-state index contributed by atoms with van der Waals surface area (Å²) in [7, 11) is 1.76. The van der Waals surface area contributed by atoms with Gasteiger partial charge in [0.25, 0.3) is 0 Å². The highest BCUT2D eigenvalue weighted by atomic mass is 16.5. The van der Waals surface area contributed by atoms with Gasteiger partial charge in [-0.2, -0.15) is 0 Å². The zero-order valence-corrected chi connectivity index (χ0v) is 17.2. The number of hydrogen-bond donors (Lipinski definition) is 3. The quantitative estimate of drug-likeness (QED) is 0.368. The smallest absolute Gasteiger partial charge is 0.191 e. The number of para-hydroxylation sites is 1. The van der Waals surface area contributed by atoms with E-state index in [9.17, 15) is 5.11 Å². The van der Waals surface area contributed by atoms with Gasteiger partial charge in [0.2, 0.25) is 0 Å². The van der Waals surface area contributed by atoms with Crippen molar-refractivity contribution in [2.24, 2.45) is 10.4 Å². The van der Waals surface area contributed by atoms with Gasteiger partial charge in [-0.1, -0.05) is 39.0 Å². The fourth-order valence-corrected chi connectivity index (χ4v) is 3.35. The summed E-state index contributed by atoms with van der Waals surface area (Å²) in [5.74, 6) is 1.67. The van der Waals surface area contributed by atoms with Crippen molar-refractivity contribution in [3.8, 4) is 5.75 Å². The third-order valence-electron chi connectivity index (χ3n) is 5.03. The summed E-state index contributed by atoms with van der Waals surface area (Å²) in [4.78, 5) is 4.28. The average Bonchev–Trinajstić information content (AvgIpc) is 3.10. The number of guanidine groups is 1. The van der Waals surface area contributed by atoms with Crippen LogP contribution in [-0.2, 0) is 10.2 Å². The van der Waals surface area contributed by atoms with E-state index in [1.807, 2.05) is 18.2 Å². The fourth-order valence-electron chi connectivity index (χ4n) is 3.35. The van der Waals surface area contributed by atoms with Crippen molar-refractivity contribution in [3.05, 3.63) is 29.8 Å². The zero-order chi connectivity index (χ0) is 19.8. The molecule has 6 nitrogen and oxygen atoms in total. The van der Waals surface area contributed by atoms with Gasteiger partial charge in [0, 0.05) is 32.2 Å². The Morgan fingerprint density at radius 2 is 2.07 bits per heavy atom. The topological polar surface area (TPSA) is 75.1 Å². The van der Waals surface area contributed by atoms with Gasteiger partial charge in [0.15, 0.2) is 5.96 Å². The predicted octanol–water partition coefficient (Wildman–Crippen LogP) is 2.32. The highest BCUT2D eigenvalue weighted by molar-refractivity contribution is 5.79. The van der Waals surface area contributed by atoms with Gasteiger partial charge in [-0.15, -0.1) is 0 Å². The molecule has 0 bridgehead atoms. The van der Waals surface area contributed by atoms with E-state index in [1.54, 1.807) is 7.05 Å². The SMILES string of the molecule is CN=C(NCCOc1ccccc1C(C)(C)C)NCC1(CCO)CCOC1. The number of hydrogen-bond acceptors (Lipinski definition) is 4.